The molecule has 0 amide bonds. The molecule has 0 aliphatic carbocycles. The van der Waals surface area contributed by atoms with E-state index in [9.17, 15) is 10.1 Å². The summed E-state index contributed by atoms with van der Waals surface area (Å²) in [6, 6.07) is 29.8. The largest absolute Gasteiger partial charge is 0.724 e. The summed E-state index contributed by atoms with van der Waals surface area (Å²) in [7, 11) is 0. The summed E-state index contributed by atoms with van der Waals surface area (Å²) in [5.41, 5.74) is 3.32. The van der Waals surface area contributed by atoms with Crippen LogP contribution >= 0.6 is 0 Å². The van der Waals surface area contributed by atoms with E-state index >= 15 is 0 Å². The minimum Gasteiger partial charge on any atom is -0.724 e. The van der Waals surface area contributed by atoms with Crippen LogP contribution in [0.1, 0.15) is 42.0 Å². The number of rotatable bonds is 9. The minimum absolute atomic E-state index is 0.118. The molecule has 0 heterocycles. The van der Waals surface area contributed by atoms with Gasteiger partial charge in [-0.15, -0.1) is 4.91 Å². The third-order valence-corrected chi connectivity index (χ3v) is 5.07. The van der Waals surface area contributed by atoms with Gasteiger partial charge in [-0.2, -0.15) is 0 Å². The highest BCUT2D eigenvalue weighted by Crippen LogP contribution is 2.30. The van der Waals surface area contributed by atoms with Gasteiger partial charge in [0.05, 0.1) is 11.3 Å². The Bertz CT molecular complexity index is 804. The lowest BCUT2D eigenvalue weighted by molar-refractivity contribution is -0.0177. The van der Waals surface area contributed by atoms with Crippen molar-refractivity contribution in [2.24, 2.45) is 5.29 Å². The van der Waals surface area contributed by atoms with Crippen LogP contribution in [0.2, 0.25) is 0 Å². The molecule has 5 nitrogen and oxygen atoms in total. The van der Waals surface area contributed by atoms with Gasteiger partial charge in [-0.3, -0.25) is 5.28 Å². The maximum atomic E-state index is 12.2. The van der Waals surface area contributed by atoms with Crippen LogP contribution in [0.5, 0.6) is 0 Å². The summed E-state index contributed by atoms with van der Waals surface area (Å²) in [5.74, 6) is 0.118. The molecule has 0 saturated carbocycles. The molecule has 1 unspecified atom stereocenters. The molecule has 5 heteroatoms. The Morgan fingerprint density at radius 3 is 1.64 bits per heavy atom. The molecule has 0 fully saturated rings. The average molecular weight is 374 g/mol. The molecule has 28 heavy (non-hydrogen) atoms. The minimum atomic E-state index is -0.261. The Morgan fingerprint density at radius 2 is 1.21 bits per heavy atom. The maximum Gasteiger partial charge on any atom is 0.0579 e. The Labute approximate surface area is 165 Å². The van der Waals surface area contributed by atoms with E-state index in [2.05, 4.69) is 29.6 Å². The molecule has 0 aromatic heterocycles. The SMILES string of the molecule is CC(c1ccccc1)N(CCC(c1ccccc1)c1ccccc1)N([O-])N=O. The summed E-state index contributed by atoms with van der Waals surface area (Å²) < 4.78 is 0. The molecule has 0 saturated heterocycles. The standard InChI is InChI=1S/C23H24N3O2/c1-19(20-11-5-2-6-12-20)25(26(28)24-27)18-17-23(21-13-7-3-8-14-21)22-15-9-4-10-16-22/h2-16,19,23H,17-18H2,1H3/q-1. The number of hydrogen-bond acceptors (Lipinski definition) is 4. The first-order valence-electron chi connectivity index (χ1n) is 9.42. The molecule has 144 valence electrons. The number of hydrazine groups is 1. The first kappa shape index (κ1) is 19.7. The summed E-state index contributed by atoms with van der Waals surface area (Å²) in [6.45, 7) is 2.31. The van der Waals surface area contributed by atoms with E-state index < -0.39 is 0 Å². The quantitative estimate of drug-likeness (QED) is 0.358. The van der Waals surface area contributed by atoms with Gasteiger partial charge in [0.25, 0.3) is 0 Å². The van der Waals surface area contributed by atoms with Crippen molar-refractivity contribution < 1.29 is 0 Å². The van der Waals surface area contributed by atoms with Crippen LogP contribution in [0, 0.1) is 10.1 Å². The first-order chi connectivity index (χ1) is 13.7. The van der Waals surface area contributed by atoms with E-state index in [1.54, 1.807) is 0 Å². The van der Waals surface area contributed by atoms with Crippen LogP contribution in [-0.2, 0) is 0 Å². The fraction of sp³-hybridized carbons (Fsp3) is 0.217. The molecular formula is C23H24N3O2-. The number of hydrogen-bond donors (Lipinski definition) is 0. The van der Waals surface area contributed by atoms with Gasteiger partial charge in [0.15, 0.2) is 0 Å². The zero-order valence-electron chi connectivity index (χ0n) is 15.9. The summed E-state index contributed by atoms with van der Waals surface area (Å²) in [4.78, 5) is 11.0. The van der Waals surface area contributed by atoms with Gasteiger partial charge in [-0.1, -0.05) is 91.0 Å². The van der Waals surface area contributed by atoms with E-state index in [-0.39, 0.29) is 17.2 Å². The fourth-order valence-electron chi connectivity index (χ4n) is 3.54. The molecule has 0 bridgehead atoms. The third-order valence-electron chi connectivity index (χ3n) is 5.07. The Kier molecular flexibility index (Phi) is 6.89. The second-order valence-electron chi connectivity index (χ2n) is 6.75. The van der Waals surface area contributed by atoms with Crippen LogP contribution < -0.4 is 0 Å². The van der Waals surface area contributed by atoms with Crippen LogP contribution in [0.15, 0.2) is 96.3 Å². The molecule has 3 rings (SSSR count). The van der Waals surface area contributed by atoms with Crippen molar-refractivity contribution in [1.82, 2.24) is 10.3 Å². The Morgan fingerprint density at radius 1 is 0.786 bits per heavy atom. The van der Waals surface area contributed by atoms with Crippen molar-refractivity contribution >= 4 is 0 Å². The van der Waals surface area contributed by atoms with Gasteiger partial charge in [-0.05, 0) is 30.0 Å². The van der Waals surface area contributed by atoms with E-state index in [4.69, 9.17) is 0 Å². The molecular weight excluding hydrogens is 350 g/mol. The highest BCUT2D eigenvalue weighted by molar-refractivity contribution is 5.32. The maximum absolute atomic E-state index is 12.2. The van der Waals surface area contributed by atoms with Crippen LogP contribution in [0.3, 0.4) is 0 Å². The van der Waals surface area contributed by atoms with Crippen LogP contribution in [-0.4, -0.2) is 16.8 Å². The molecule has 0 radical (unpaired) electrons. The van der Waals surface area contributed by atoms with Crippen molar-refractivity contribution in [3.05, 3.63) is 118 Å². The topological polar surface area (TPSA) is 59.0 Å². The highest BCUT2D eigenvalue weighted by atomic mass is 16.6. The molecule has 1 atom stereocenters. The normalized spacial score (nSPS) is 12.1. The van der Waals surface area contributed by atoms with E-state index in [1.807, 2.05) is 73.7 Å². The predicted octanol–water partition coefficient (Wildman–Crippen LogP) is 5.67. The van der Waals surface area contributed by atoms with Crippen molar-refractivity contribution in [1.29, 1.82) is 0 Å². The molecule has 0 aliphatic rings. The number of nitrogens with zero attached hydrogens (tertiary/aromatic N) is 3. The second kappa shape index (κ2) is 9.78. The van der Waals surface area contributed by atoms with Crippen molar-refractivity contribution in [3.8, 4) is 0 Å². The van der Waals surface area contributed by atoms with Gasteiger partial charge in [0.2, 0.25) is 0 Å². The van der Waals surface area contributed by atoms with Crippen molar-refractivity contribution in [2.75, 3.05) is 6.54 Å². The van der Waals surface area contributed by atoms with Crippen LogP contribution in [0.25, 0.3) is 0 Å². The highest BCUT2D eigenvalue weighted by Gasteiger charge is 2.21. The van der Waals surface area contributed by atoms with Gasteiger partial charge in [0.1, 0.15) is 0 Å². The summed E-state index contributed by atoms with van der Waals surface area (Å²) in [5, 5.41) is 16.4. The van der Waals surface area contributed by atoms with Crippen LogP contribution in [0.4, 0.5) is 0 Å². The van der Waals surface area contributed by atoms with Crippen molar-refractivity contribution in [2.45, 2.75) is 25.3 Å². The summed E-state index contributed by atoms with van der Waals surface area (Å²) in [6.07, 6.45) is 0.680. The smallest absolute Gasteiger partial charge is 0.0579 e. The van der Waals surface area contributed by atoms with Gasteiger partial charge in [0, 0.05) is 12.5 Å². The molecule has 0 aliphatic heterocycles. The summed E-state index contributed by atoms with van der Waals surface area (Å²) >= 11 is 0. The molecule has 3 aromatic carbocycles. The van der Waals surface area contributed by atoms with E-state index in [1.165, 1.54) is 16.1 Å². The van der Waals surface area contributed by atoms with Gasteiger partial charge < -0.3 is 5.21 Å². The predicted molar refractivity (Wildman–Crippen MR) is 112 cm³/mol. The lowest BCUT2D eigenvalue weighted by Gasteiger charge is -2.39. The Balaban J connectivity index is 1.83. The monoisotopic (exact) mass is 374 g/mol. The molecule has 0 spiro atoms. The average Bonchev–Trinajstić information content (AvgIpc) is 2.78. The van der Waals surface area contributed by atoms with E-state index in [0.717, 1.165) is 5.56 Å². The zero-order chi connectivity index (χ0) is 19.8. The third kappa shape index (κ3) is 4.82. The van der Waals surface area contributed by atoms with E-state index in [0.29, 0.717) is 13.0 Å². The lowest BCUT2D eigenvalue weighted by atomic mass is 9.88. The zero-order valence-corrected chi connectivity index (χ0v) is 15.9. The van der Waals surface area contributed by atoms with Crippen molar-refractivity contribution in [3.63, 3.8) is 0 Å². The molecule has 3 aromatic rings. The number of nitroso groups, excluding NO2 is 1. The molecule has 0 N–H and O–H groups in total. The Hall–Kier alpha value is -3.02. The number of benzene rings is 3. The first-order valence-corrected chi connectivity index (χ1v) is 9.42. The van der Waals surface area contributed by atoms with Gasteiger partial charge in [-0.25, -0.2) is 5.01 Å². The fourth-order valence-corrected chi connectivity index (χ4v) is 3.54. The lowest BCUT2D eigenvalue weighted by Crippen LogP contribution is -2.38. The van der Waals surface area contributed by atoms with Gasteiger partial charge >= 0.3 is 0 Å². The second-order valence-corrected chi connectivity index (χ2v) is 6.75.